The summed E-state index contributed by atoms with van der Waals surface area (Å²) in [5.41, 5.74) is 1.93. The summed E-state index contributed by atoms with van der Waals surface area (Å²) in [4.78, 5) is 12.4. The predicted molar refractivity (Wildman–Crippen MR) is 88.8 cm³/mol. The minimum absolute atomic E-state index is 0.175. The van der Waals surface area contributed by atoms with Crippen molar-refractivity contribution >= 4 is 5.91 Å². The Balaban J connectivity index is 2.00. The molecular weight excluding hydrogens is 293 g/mol. The van der Waals surface area contributed by atoms with Gasteiger partial charge in [0.25, 0.3) is 5.91 Å². The van der Waals surface area contributed by atoms with Gasteiger partial charge in [-0.2, -0.15) is 0 Å². The summed E-state index contributed by atoms with van der Waals surface area (Å²) < 4.78 is 18.8. The number of hydrogen-bond acceptors (Lipinski definition) is 2. The average molecular weight is 315 g/mol. The van der Waals surface area contributed by atoms with Crippen molar-refractivity contribution in [1.82, 2.24) is 5.32 Å². The van der Waals surface area contributed by atoms with Gasteiger partial charge in [0.05, 0.1) is 6.04 Å². The summed E-state index contributed by atoms with van der Waals surface area (Å²) in [5.74, 6) is 0.216. The third kappa shape index (κ3) is 4.81. The zero-order chi connectivity index (χ0) is 16.8. The molecule has 0 aliphatic heterocycles. The SMILES string of the molecule is CC[C@@H](Oc1cccc(C)c1)C(=O)N[C@H](C)c1ccc(F)cc1. The average Bonchev–Trinajstić information content (AvgIpc) is 2.53. The Morgan fingerprint density at radius 1 is 1.22 bits per heavy atom. The molecule has 23 heavy (non-hydrogen) atoms. The molecule has 0 spiro atoms. The molecule has 0 bridgehead atoms. The standard InChI is InChI=1S/C19H22FNO2/c1-4-18(23-17-7-5-6-13(2)12-17)19(22)21-14(3)15-8-10-16(20)11-9-15/h5-12,14,18H,4H2,1-3H3,(H,21,22)/t14-,18-/m1/s1. The highest BCUT2D eigenvalue weighted by Crippen LogP contribution is 2.17. The van der Waals surface area contributed by atoms with Crippen LogP contribution in [0.15, 0.2) is 48.5 Å². The second-order valence-electron chi connectivity index (χ2n) is 5.61. The van der Waals surface area contributed by atoms with E-state index >= 15 is 0 Å². The van der Waals surface area contributed by atoms with Gasteiger partial charge in [-0.05, 0) is 55.7 Å². The lowest BCUT2D eigenvalue weighted by atomic mass is 10.1. The van der Waals surface area contributed by atoms with Gasteiger partial charge in [-0.1, -0.05) is 31.2 Å². The minimum Gasteiger partial charge on any atom is -0.481 e. The number of aryl methyl sites for hydroxylation is 1. The molecule has 122 valence electrons. The van der Waals surface area contributed by atoms with E-state index in [1.807, 2.05) is 45.0 Å². The molecule has 4 heteroatoms. The van der Waals surface area contributed by atoms with Gasteiger partial charge < -0.3 is 10.1 Å². The van der Waals surface area contributed by atoms with Crippen LogP contribution in [0.25, 0.3) is 0 Å². The van der Waals surface area contributed by atoms with Crippen LogP contribution < -0.4 is 10.1 Å². The van der Waals surface area contributed by atoms with Crippen LogP contribution in [0.2, 0.25) is 0 Å². The number of benzene rings is 2. The maximum absolute atomic E-state index is 13.0. The van der Waals surface area contributed by atoms with E-state index in [4.69, 9.17) is 4.74 Å². The quantitative estimate of drug-likeness (QED) is 0.869. The molecule has 0 radical (unpaired) electrons. The molecule has 0 fully saturated rings. The number of hydrogen-bond donors (Lipinski definition) is 1. The van der Waals surface area contributed by atoms with Gasteiger partial charge in [0.1, 0.15) is 11.6 Å². The third-order valence-corrected chi connectivity index (χ3v) is 3.66. The van der Waals surface area contributed by atoms with Crippen LogP contribution in [0.4, 0.5) is 4.39 Å². The Labute approximate surface area is 136 Å². The van der Waals surface area contributed by atoms with Gasteiger partial charge in [-0.15, -0.1) is 0 Å². The first kappa shape index (κ1) is 17.0. The minimum atomic E-state index is -0.556. The largest absolute Gasteiger partial charge is 0.481 e. The van der Waals surface area contributed by atoms with Crippen molar-refractivity contribution in [3.63, 3.8) is 0 Å². The fraction of sp³-hybridized carbons (Fsp3) is 0.316. The maximum Gasteiger partial charge on any atom is 0.261 e. The summed E-state index contributed by atoms with van der Waals surface area (Å²) in [6, 6.07) is 13.5. The molecule has 2 aromatic carbocycles. The normalized spacial score (nSPS) is 13.2. The summed E-state index contributed by atoms with van der Waals surface area (Å²) in [6.07, 6.45) is 0.00956. The maximum atomic E-state index is 13.0. The zero-order valence-corrected chi connectivity index (χ0v) is 13.7. The number of carbonyl (C=O) groups is 1. The Morgan fingerprint density at radius 3 is 2.52 bits per heavy atom. The molecule has 2 aromatic rings. The molecule has 0 unspecified atom stereocenters. The zero-order valence-electron chi connectivity index (χ0n) is 13.7. The molecule has 0 heterocycles. The molecule has 1 amide bonds. The Hall–Kier alpha value is -2.36. The van der Waals surface area contributed by atoms with E-state index in [0.717, 1.165) is 11.1 Å². The Morgan fingerprint density at radius 2 is 1.91 bits per heavy atom. The van der Waals surface area contributed by atoms with Crippen molar-refractivity contribution in [1.29, 1.82) is 0 Å². The van der Waals surface area contributed by atoms with Gasteiger partial charge in [0, 0.05) is 0 Å². The number of halogens is 1. The molecular formula is C19H22FNO2. The van der Waals surface area contributed by atoms with E-state index in [1.54, 1.807) is 12.1 Å². The van der Waals surface area contributed by atoms with Crippen molar-refractivity contribution in [2.45, 2.75) is 39.3 Å². The highest BCUT2D eigenvalue weighted by molar-refractivity contribution is 5.81. The number of nitrogens with one attached hydrogen (secondary N) is 1. The topological polar surface area (TPSA) is 38.3 Å². The van der Waals surface area contributed by atoms with Gasteiger partial charge in [-0.25, -0.2) is 4.39 Å². The van der Waals surface area contributed by atoms with E-state index in [9.17, 15) is 9.18 Å². The molecule has 0 aliphatic carbocycles. The molecule has 0 aliphatic rings. The number of amides is 1. The number of carbonyl (C=O) groups excluding carboxylic acids is 1. The first-order valence-corrected chi connectivity index (χ1v) is 7.78. The summed E-state index contributed by atoms with van der Waals surface area (Å²) >= 11 is 0. The van der Waals surface area contributed by atoms with Crippen LogP contribution in [-0.2, 0) is 4.79 Å². The van der Waals surface area contributed by atoms with Gasteiger partial charge in [0.2, 0.25) is 0 Å². The lowest BCUT2D eigenvalue weighted by Gasteiger charge is -2.21. The van der Waals surface area contributed by atoms with Crippen molar-refractivity contribution in [2.24, 2.45) is 0 Å². The number of rotatable bonds is 6. The molecule has 2 rings (SSSR count). The molecule has 0 saturated heterocycles. The second kappa shape index (κ2) is 7.77. The Kier molecular flexibility index (Phi) is 5.74. The molecule has 0 aromatic heterocycles. The third-order valence-electron chi connectivity index (χ3n) is 3.66. The smallest absolute Gasteiger partial charge is 0.261 e. The predicted octanol–water partition coefficient (Wildman–Crippen LogP) is 4.17. The van der Waals surface area contributed by atoms with Gasteiger partial charge >= 0.3 is 0 Å². The molecule has 0 saturated carbocycles. The van der Waals surface area contributed by atoms with Crippen LogP contribution in [0, 0.1) is 12.7 Å². The van der Waals surface area contributed by atoms with Crippen LogP contribution in [0.3, 0.4) is 0 Å². The van der Waals surface area contributed by atoms with Crippen LogP contribution in [0.1, 0.15) is 37.4 Å². The first-order chi connectivity index (χ1) is 11.0. The van der Waals surface area contributed by atoms with Crippen molar-refractivity contribution < 1.29 is 13.9 Å². The summed E-state index contributed by atoms with van der Waals surface area (Å²) in [6.45, 7) is 5.75. The fourth-order valence-corrected chi connectivity index (χ4v) is 2.32. The monoisotopic (exact) mass is 315 g/mol. The highest BCUT2D eigenvalue weighted by Gasteiger charge is 2.20. The lowest BCUT2D eigenvalue weighted by molar-refractivity contribution is -0.128. The van der Waals surface area contributed by atoms with Crippen LogP contribution in [0.5, 0.6) is 5.75 Å². The van der Waals surface area contributed by atoms with Crippen molar-refractivity contribution in [2.75, 3.05) is 0 Å². The molecule has 1 N–H and O–H groups in total. The van der Waals surface area contributed by atoms with E-state index in [1.165, 1.54) is 12.1 Å². The van der Waals surface area contributed by atoms with Crippen LogP contribution in [-0.4, -0.2) is 12.0 Å². The summed E-state index contributed by atoms with van der Waals surface area (Å²) in [7, 11) is 0. The van der Waals surface area contributed by atoms with Gasteiger partial charge in [-0.3, -0.25) is 4.79 Å². The molecule has 3 nitrogen and oxygen atoms in total. The van der Waals surface area contributed by atoms with Crippen LogP contribution >= 0.6 is 0 Å². The Bertz CT molecular complexity index is 655. The van der Waals surface area contributed by atoms with Crippen molar-refractivity contribution in [3.05, 3.63) is 65.5 Å². The van der Waals surface area contributed by atoms with Gasteiger partial charge in [0.15, 0.2) is 6.10 Å². The van der Waals surface area contributed by atoms with E-state index in [2.05, 4.69) is 5.32 Å². The van der Waals surface area contributed by atoms with E-state index in [0.29, 0.717) is 12.2 Å². The van der Waals surface area contributed by atoms with E-state index < -0.39 is 6.10 Å². The first-order valence-electron chi connectivity index (χ1n) is 7.78. The molecule has 2 atom stereocenters. The van der Waals surface area contributed by atoms with Crippen molar-refractivity contribution in [3.8, 4) is 5.75 Å². The lowest BCUT2D eigenvalue weighted by Crippen LogP contribution is -2.39. The fourth-order valence-electron chi connectivity index (χ4n) is 2.32. The number of ether oxygens (including phenoxy) is 1. The second-order valence-corrected chi connectivity index (χ2v) is 5.61. The summed E-state index contributed by atoms with van der Waals surface area (Å²) in [5, 5.41) is 2.92. The van der Waals surface area contributed by atoms with E-state index in [-0.39, 0.29) is 17.8 Å². The highest BCUT2D eigenvalue weighted by atomic mass is 19.1.